The molecule has 0 fully saturated rings. The van der Waals surface area contributed by atoms with Crippen LogP contribution in [-0.4, -0.2) is 12.1 Å². The van der Waals surface area contributed by atoms with Crippen molar-refractivity contribution in [2.24, 2.45) is 0 Å². The number of nitrogens with one attached hydrogen (secondary N) is 1. The van der Waals surface area contributed by atoms with Crippen molar-refractivity contribution in [3.63, 3.8) is 0 Å². The van der Waals surface area contributed by atoms with Gasteiger partial charge >= 0.3 is 0 Å². The standard InChI is InChI=1S/C11H23N/c1-7-10(9(3)4)11(5,6)12-8-2/h12H,7-8H2,1-6H3. The van der Waals surface area contributed by atoms with Crippen molar-refractivity contribution in [3.05, 3.63) is 11.1 Å². The van der Waals surface area contributed by atoms with Gasteiger partial charge in [-0.2, -0.15) is 0 Å². The minimum atomic E-state index is 0.169. The molecule has 0 aliphatic carbocycles. The third kappa shape index (κ3) is 2.98. The third-order valence-corrected chi connectivity index (χ3v) is 2.33. The van der Waals surface area contributed by atoms with Gasteiger partial charge in [0.15, 0.2) is 0 Å². The zero-order valence-electron chi connectivity index (χ0n) is 9.41. The zero-order chi connectivity index (χ0) is 9.78. The SMILES string of the molecule is CCNC(C)(C)C(CC)=C(C)C. The molecule has 0 radical (unpaired) electrons. The van der Waals surface area contributed by atoms with Crippen LogP contribution in [-0.2, 0) is 0 Å². The van der Waals surface area contributed by atoms with Crippen LogP contribution in [0.4, 0.5) is 0 Å². The van der Waals surface area contributed by atoms with Crippen molar-refractivity contribution in [1.82, 2.24) is 5.32 Å². The van der Waals surface area contributed by atoms with Crippen LogP contribution >= 0.6 is 0 Å². The molecule has 0 rings (SSSR count). The van der Waals surface area contributed by atoms with Gasteiger partial charge in [-0.3, -0.25) is 0 Å². The van der Waals surface area contributed by atoms with Gasteiger partial charge in [-0.1, -0.05) is 25.0 Å². The molecule has 0 aromatic rings. The third-order valence-electron chi connectivity index (χ3n) is 2.33. The van der Waals surface area contributed by atoms with Gasteiger partial charge < -0.3 is 5.32 Å². The topological polar surface area (TPSA) is 12.0 Å². The Morgan fingerprint density at radius 1 is 1.17 bits per heavy atom. The highest BCUT2D eigenvalue weighted by molar-refractivity contribution is 5.21. The normalized spacial score (nSPS) is 11.5. The van der Waals surface area contributed by atoms with Crippen molar-refractivity contribution in [2.75, 3.05) is 6.54 Å². The van der Waals surface area contributed by atoms with Gasteiger partial charge in [-0.25, -0.2) is 0 Å². The van der Waals surface area contributed by atoms with Crippen molar-refractivity contribution < 1.29 is 0 Å². The van der Waals surface area contributed by atoms with E-state index in [0.29, 0.717) is 0 Å². The molecule has 0 spiro atoms. The molecule has 0 bridgehead atoms. The summed E-state index contributed by atoms with van der Waals surface area (Å²) in [4.78, 5) is 0. The molecule has 0 aliphatic heterocycles. The zero-order valence-corrected chi connectivity index (χ0v) is 9.41. The average Bonchev–Trinajstić information content (AvgIpc) is 1.86. The molecule has 0 atom stereocenters. The summed E-state index contributed by atoms with van der Waals surface area (Å²) in [5.74, 6) is 0. The lowest BCUT2D eigenvalue weighted by Crippen LogP contribution is -2.41. The summed E-state index contributed by atoms with van der Waals surface area (Å²) in [6.45, 7) is 14.3. The lowest BCUT2D eigenvalue weighted by atomic mass is 9.88. The highest BCUT2D eigenvalue weighted by Crippen LogP contribution is 2.22. The van der Waals surface area contributed by atoms with Crippen molar-refractivity contribution in [2.45, 2.75) is 53.5 Å². The van der Waals surface area contributed by atoms with E-state index in [0.717, 1.165) is 13.0 Å². The largest absolute Gasteiger partial charge is 0.308 e. The van der Waals surface area contributed by atoms with Crippen LogP contribution in [0.1, 0.15) is 48.0 Å². The first kappa shape index (κ1) is 11.7. The van der Waals surface area contributed by atoms with E-state index < -0.39 is 0 Å². The quantitative estimate of drug-likeness (QED) is 0.638. The summed E-state index contributed by atoms with van der Waals surface area (Å²) in [5.41, 5.74) is 3.15. The Hall–Kier alpha value is -0.300. The Labute approximate surface area is 77.2 Å². The number of allylic oxidation sites excluding steroid dienone is 1. The highest BCUT2D eigenvalue weighted by Gasteiger charge is 2.20. The van der Waals surface area contributed by atoms with Crippen molar-refractivity contribution >= 4 is 0 Å². The fraction of sp³-hybridized carbons (Fsp3) is 0.818. The van der Waals surface area contributed by atoms with Gasteiger partial charge in [0.2, 0.25) is 0 Å². The van der Waals surface area contributed by atoms with E-state index in [2.05, 4.69) is 46.9 Å². The van der Waals surface area contributed by atoms with Gasteiger partial charge in [0.25, 0.3) is 0 Å². The highest BCUT2D eigenvalue weighted by atomic mass is 14.9. The summed E-state index contributed by atoms with van der Waals surface area (Å²) in [6.07, 6.45) is 1.14. The van der Waals surface area contributed by atoms with Gasteiger partial charge in [-0.05, 0) is 40.7 Å². The Morgan fingerprint density at radius 2 is 1.67 bits per heavy atom. The van der Waals surface area contributed by atoms with Gasteiger partial charge in [0.05, 0.1) is 0 Å². The molecule has 1 N–H and O–H groups in total. The second kappa shape index (κ2) is 4.66. The summed E-state index contributed by atoms with van der Waals surface area (Å²) in [6, 6.07) is 0. The summed E-state index contributed by atoms with van der Waals surface area (Å²) >= 11 is 0. The molecule has 1 heteroatoms. The number of hydrogen-bond donors (Lipinski definition) is 1. The van der Waals surface area contributed by atoms with Crippen LogP contribution < -0.4 is 5.32 Å². The first-order valence-electron chi connectivity index (χ1n) is 4.87. The summed E-state index contributed by atoms with van der Waals surface area (Å²) in [7, 11) is 0. The van der Waals surface area contributed by atoms with E-state index in [4.69, 9.17) is 0 Å². The number of rotatable bonds is 4. The van der Waals surface area contributed by atoms with Crippen LogP contribution in [0.15, 0.2) is 11.1 Å². The minimum absolute atomic E-state index is 0.169. The lowest BCUT2D eigenvalue weighted by Gasteiger charge is -2.30. The molecule has 0 aromatic carbocycles. The molecular weight excluding hydrogens is 146 g/mol. The summed E-state index contributed by atoms with van der Waals surface area (Å²) < 4.78 is 0. The van der Waals surface area contributed by atoms with E-state index in [-0.39, 0.29) is 5.54 Å². The first-order chi connectivity index (χ1) is 5.45. The fourth-order valence-corrected chi connectivity index (χ4v) is 1.97. The molecule has 0 aliphatic rings. The monoisotopic (exact) mass is 169 g/mol. The Bertz CT molecular complexity index is 162. The molecule has 0 amide bonds. The Kier molecular flexibility index (Phi) is 4.54. The van der Waals surface area contributed by atoms with E-state index in [9.17, 15) is 0 Å². The minimum Gasteiger partial charge on any atom is -0.308 e. The van der Waals surface area contributed by atoms with E-state index in [1.807, 2.05) is 0 Å². The Balaban J connectivity index is 4.61. The molecule has 0 saturated heterocycles. The van der Waals surface area contributed by atoms with Crippen LogP contribution in [0.2, 0.25) is 0 Å². The van der Waals surface area contributed by atoms with E-state index >= 15 is 0 Å². The van der Waals surface area contributed by atoms with Crippen molar-refractivity contribution in [3.8, 4) is 0 Å². The molecular formula is C11H23N. The van der Waals surface area contributed by atoms with Gasteiger partial charge in [0, 0.05) is 5.54 Å². The van der Waals surface area contributed by atoms with Gasteiger partial charge in [-0.15, -0.1) is 0 Å². The number of likely N-dealkylation sites (N-methyl/N-ethyl adjacent to an activating group) is 1. The maximum atomic E-state index is 3.50. The van der Waals surface area contributed by atoms with E-state index in [1.54, 1.807) is 0 Å². The van der Waals surface area contributed by atoms with Crippen LogP contribution in [0, 0.1) is 0 Å². The van der Waals surface area contributed by atoms with Crippen LogP contribution in [0.25, 0.3) is 0 Å². The average molecular weight is 169 g/mol. The van der Waals surface area contributed by atoms with Gasteiger partial charge in [0.1, 0.15) is 0 Å². The fourth-order valence-electron chi connectivity index (χ4n) is 1.97. The molecule has 0 aromatic heterocycles. The molecule has 0 heterocycles. The second-order valence-corrected chi connectivity index (χ2v) is 3.99. The predicted octanol–water partition coefficient (Wildman–Crippen LogP) is 3.12. The smallest absolute Gasteiger partial charge is 0.0338 e. The lowest BCUT2D eigenvalue weighted by molar-refractivity contribution is 0.450. The van der Waals surface area contributed by atoms with Crippen molar-refractivity contribution in [1.29, 1.82) is 0 Å². The Morgan fingerprint density at radius 3 is 1.92 bits per heavy atom. The molecule has 1 nitrogen and oxygen atoms in total. The number of hydrogen-bond acceptors (Lipinski definition) is 1. The molecule has 72 valence electrons. The summed E-state index contributed by atoms with van der Waals surface area (Å²) in [5, 5.41) is 3.50. The predicted molar refractivity (Wildman–Crippen MR) is 56.4 cm³/mol. The van der Waals surface area contributed by atoms with Crippen LogP contribution in [0.5, 0.6) is 0 Å². The first-order valence-corrected chi connectivity index (χ1v) is 4.87. The van der Waals surface area contributed by atoms with Crippen LogP contribution in [0.3, 0.4) is 0 Å². The van der Waals surface area contributed by atoms with E-state index in [1.165, 1.54) is 11.1 Å². The molecule has 12 heavy (non-hydrogen) atoms. The molecule has 0 unspecified atom stereocenters. The molecule has 0 saturated carbocycles. The maximum Gasteiger partial charge on any atom is 0.0338 e. The second-order valence-electron chi connectivity index (χ2n) is 3.99. The maximum absolute atomic E-state index is 3.50.